The zero-order valence-corrected chi connectivity index (χ0v) is 16.5. The minimum atomic E-state index is -3.42. The number of likely N-dealkylation sites (tertiary alicyclic amines) is 1. The number of hydrogen-bond donors (Lipinski definition) is 1. The van der Waals surface area contributed by atoms with Gasteiger partial charge in [0.05, 0.1) is 4.90 Å². The molecule has 6 heteroatoms. The van der Waals surface area contributed by atoms with Gasteiger partial charge in [-0.05, 0) is 68.2 Å². The van der Waals surface area contributed by atoms with Gasteiger partial charge in [-0.1, -0.05) is 25.0 Å². The van der Waals surface area contributed by atoms with E-state index in [1.54, 1.807) is 36.4 Å². The van der Waals surface area contributed by atoms with Crippen molar-refractivity contribution in [2.45, 2.75) is 68.3 Å². The molecular formula is C21H28N2O3S. The van der Waals surface area contributed by atoms with Crippen LogP contribution in [0.4, 0.5) is 0 Å². The molecule has 3 aliphatic rings. The third kappa shape index (κ3) is 4.43. The van der Waals surface area contributed by atoms with Crippen molar-refractivity contribution in [2.24, 2.45) is 5.92 Å². The molecule has 2 unspecified atom stereocenters. The quantitative estimate of drug-likeness (QED) is 0.787. The standard InChI is InChI=1S/C21H28N2O3S/c24-21(23-15-3-5-17-4-1-2-6-20(17)23)14-9-16-7-12-19(13-8-16)27(25,26)22-18-10-11-18/h7-9,12-14,17-18,20,22H,1-6,10-11,15H2/b14-9+. The molecule has 3 fully saturated rings. The van der Waals surface area contributed by atoms with E-state index in [9.17, 15) is 13.2 Å². The maximum absolute atomic E-state index is 12.7. The molecule has 4 rings (SSSR count). The zero-order valence-electron chi connectivity index (χ0n) is 15.6. The number of hydrogen-bond acceptors (Lipinski definition) is 3. The molecule has 1 aromatic carbocycles. The third-order valence-corrected chi connectivity index (χ3v) is 7.57. The Kier molecular flexibility index (Phi) is 5.37. The highest BCUT2D eigenvalue weighted by atomic mass is 32.2. The van der Waals surface area contributed by atoms with E-state index in [4.69, 9.17) is 0 Å². The lowest BCUT2D eigenvalue weighted by Crippen LogP contribution is -2.49. The van der Waals surface area contributed by atoms with Gasteiger partial charge in [0, 0.05) is 24.7 Å². The molecule has 27 heavy (non-hydrogen) atoms. The molecule has 0 aromatic heterocycles. The largest absolute Gasteiger partial charge is 0.336 e. The average molecular weight is 389 g/mol. The van der Waals surface area contributed by atoms with E-state index in [1.165, 1.54) is 25.7 Å². The Morgan fingerprint density at radius 2 is 1.70 bits per heavy atom. The minimum absolute atomic E-state index is 0.0821. The molecule has 2 atom stereocenters. The second-order valence-electron chi connectivity index (χ2n) is 8.08. The van der Waals surface area contributed by atoms with Crippen LogP contribution in [-0.4, -0.2) is 37.9 Å². The number of sulfonamides is 1. The van der Waals surface area contributed by atoms with Gasteiger partial charge in [-0.25, -0.2) is 13.1 Å². The summed E-state index contributed by atoms with van der Waals surface area (Å²) < 4.78 is 27.1. The summed E-state index contributed by atoms with van der Waals surface area (Å²) in [6, 6.07) is 7.22. The van der Waals surface area contributed by atoms with Crippen molar-refractivity contribution in [2.75, 3.05) is 6.54 Å². The summed E-state index contributed by atoms with van der Waals surface area (Å²) in [4.78, 5) is 15.0. The number of amides is 1. The number of benzene rings is 1. The van der Waals surface area contributed by atoms with Crippen LogP contribution in [-0.2, 0) is 14.8 Å². The van der Waals surface area contributed by atoms with E-state index in [2.05, 4.69) is 9.62 Å². The lowest BCUT2D eigenvalue weighted by atomic mass is 9.78. The molecule has 1 aromatic rings. The van der Waals surface area contributed by atoms with Gasteiger partial charge >= 0.3 is 0 Å². The molecule has 5 nitrogen and oxygen atoms in total. The van der Waals surface area contributed by atoms with Crippen molar-refractivity contribution in [3.05, 3.63) is 35.9 Å². The van der Waals surface area contributed by atoms with E-state index in [0.717, 1.165) is 37.8 Å². The Labute approximate surface area is 161 Å². The van der Waals surface area contributed by atoms with Crippen LogP contribution in [0, 0.1) is 5.92 Å². The second kappa shape index (κ2) is 7.76. The highest BCUT2D eigenvalue weighted by molar-refractivity contribution is 7.89. The summed E-state index contributed by atoms with van der Waals surface area (Å²) in [5.41, 5.74) is 0.839. The summed E-state index contributed by atoms with van der Waals surface area (Å²) in [7, 11) is -3.42. The average Bonchev–Trinajstić information content (AvgIpc) is 3.49. The highest BCUT2D eigenvalue weighted by Crippen LogP contribution is 2.35. The molecule has 2 saturated carbocycles. The molecule has 2 aliphatic carbocycles. The number of fused-ring (bicyclic) bond motifs is 1. The van der Waals surface area contributed by atoms with Crippen molar-refractivity contribution < 1.29 is 13.2 Å². The molecule has 1 heterocycles. The maximum atomic E-state index is 12.7. The fourth-order valence-corrected chi connectivity index (χ4v) is 5.71. The lowest BCUT2D eigenvalue weighted by molar-refractivity contribution is -0.132. The molecule has 0 radical (unpaired) electrons. The summed E-state index contributed by atoms with van der Waals surface area (Å²) in [5.74, 6) is 0.756. The van der Waals surface area contributed by atoms with Gasteiger partial charge in [0.25, 0.3) is 0 Å². The van der Waals surface area contributed by atoms with Gasteiger partial charge in [-0.15, -0.1) is 0 Å². The Morgan fingerprint density at radius 1 is 1.00 bits per heavy atom. The summed E-state index contributed by atoms with van der Waals surface area (Å²) >= 11 is 0. The van der Waals surface area contributed by atoms with E-state index in [0.29, 0.717) is 12.0 Å². The first kappa shape index (κ1) is 18.7. The van der Waals surface area contributed by atoms with Crippen LogP contribution < -0.4 is 4.72 Å². The lowest BCUT2D eigenvalue weighted by Gasteiger charge is -2.43. The van der Waals surface area contributed by atoms with Gasteiger partial charge in [-0.2, -0.15) is 0 Å². The number of carbonyl (C=O) groups is 1. The number of nitrogens with one attached hydrogen (secondary N) is 1. The van der Waals surface area contributed by atoms with Crippen LogP contribution in [0.1, 0.15) is 56.9 Å². The van der Waals surface area contributed by atoms with Crippen LogP contribution in [0.2, 0.25) is 0 Å². The van der Waals surface area contributed by atoms with Gasteiger partial charge in [0.1, 0.15) is 0 Å². The Balaban J connectivity index is 1.40. The Hall–Kier alpha value is -1.66. The zero-order chi connectivity index (χ0) is 18.9. The van der Waals surface area contributed by atoms with Crippen molar-refractivity contribution in [3.63, 3.8) is 0 Å². The van der Waals surface area contributed by atoms with Crippen LogP contribution in [0.25, 0.3) is 6.08 Å². The SMILES string of the molecule is O=C(/C=C/c1ccc(S(=O)(=O)NC2CC2)cc1)N1CCCC2CCCCC21. The van der Waals surface area contributed by atoms with E-state index < -0.39 is 10.0 Å². The normalized spacial score (nSPS) is 26.1. The molecule has 146 valence electrons. The smallest absolute Gasteiger partial charge is 0.246 e. The van der Waals surface area contributed by atoms with Crippen LogP contribution in [0.5, 0.6) is 0 Å². The molecule has 0 spiro atoms. The third-order valence-electron chi connectivity index (χ3n) is 6.03. The number of carbonyl (C=O) groups excluding carboxylic acids is 1. The Morgan fingerprint density at radius 3 is 2.44 bits per heavy atom. The summed E-state index contributed by atoms with van der Waals surface area (Å²) in [5, 5.41) is 0. The van der Waals surface area contributed by atoms with E-state index in [-0.39, 0.29) is 16.8 Å². The van der Waals surface area contributed by atoms with Gasteiger partial charge in [0.2, 0.25) is 15.9 Å². The predicted molar refractivity (Wildman–Crippen MR) is 106 cm³/mol. The fourth-order valence-electron chi connectivity index (χ4n) is 4.41. The van der Waals surface area contributed by atoms with Gasteiger partial charge < -0.3 is 4.90 Å². The molecule has 1 N–H and O–H groups in total. The first-order valence-corrected chi connectivity index (χ1v) is 11.6. The van der Waals surface area contributed by atoms with Crippen molar-refractivity contribution >= 4 is 22.0 Å². The first-order chi connectivity index (χ1) is 13.0. The molecule has 1 amide bonds. The molecular weight excluding hydrogens is 360 g/mol. The number of piperidine rings is 1. The van der Waals surface area contributed by atoms with E-state index in [1.807, 2.05) is 0 Å². The minimum Gasteiger partial charge on any atom is -0.336 e. The predicted octanol–water partition coefficient (Wildman–Crippen LogP) is 3.32. The number of rotatable bonds is 5. The maximum Gasteiger partial charge on any atom is 0.246 e. The van der Waals surface area contributed by atoms with Crippen molar-refractivity contribution in [1.82, 2.24) is 9.62 Å². The van der Waals surface area contributed by atoms with Crippen molar-refractivity contribution in [3.8, 4) is 0 Å². The molecule has 1 aliphatic heterocycles. The van der Waals surface area contributed by atoms with Gasteiger partial charge in [-0.3, -0.25) is 4.79 Å². The van der Waals surface area contributed by atoms with Crippen LogP contribution in [0.15, 0.2) is 35.2 Å². The summed E-state index contributed by atoms with van der Waals surface area (Å²) in [6.07, 6.45) is 12.5. The van der Waals surface area contributed by atoms with Crippen LogP contribution in [0.3, 0.4) is 0 Å². The number of nitrogens with zero attached hydrogens (tertiary/aromatic N) is 1. The molecule has 1 saturated heterocycles. The highest BCUT2D eigenvalue weighted by Gasteiger charge is 2.34. The Bertz CT molecular complexity index is 810. The van der Waals surface area contributed by atoms with E-state index >= 15 is 0 Å². The molecule has 0 bridgehead atoms. The summed E-state index contributed by atoms with van der Waals surface area (Å²) in [6.45, 7) is 0.856. The van der Waals surface area contributed by atoms with Crippen LogP contribution >= 0.6 is 0 Å². The van der Waals surface area contributed by atoms with Crippen molar-refractivity contribution in [1.29, 1.82) is 0 Å². The monoisotopic (exact) mass is 388 g/mol. The van der Waals surface area contributed by atoms with Gasteiger partial charge in [0.15, 0.2) is 0 Å². The topological polar surface area (TPSA) is 66.5 Å². The first-order valence-electron chi connectivity index (χ1n) is 10.1. The fraction of sp³-hybridized carbons (Fsp3) is 0.571. The second-order valence-corrected chi connectivity index (χ2v) is 9.80.